The molecule has 0 bridgehead atoms. The summed E-state index contributed by atoms with van der Waals surface area (Å²) in [7, 11) is 0. The Bertz CT molecular complexity index is 816. The molecule has 1 saturated heterocycles. The van der Waals surface area contributed by atoms with Gasteiger partial charge in [0.1, 0.15) is 5.75 Å². The van der Waals surface area contributed by atoms with E-state index in [0.717, 1.165) is 27.9 Å². The maximum Gasteiger partial charge on any atom is 0.270 e. The number of ether oxygens (including phenoxy) is 1. The quantitative estimate of drug-likeness (QED) is 0.450. The average Bonchev–Trinajstić information content (AvgIpc) is 2.89. The Balaban J connectivity index is 1.79. The molecule has 2 aromatic rings. The third kappa shape index (κ3) is 4.32. The standard InChI is InChI=1S/C19H16BrNO2S2/c1-2-11-23-16-9-3-13(4-10-16)12-17-18(22)21(19(24)25-17)15-7-5-14(20)6-8-15/h3-10,12H,2,11H2,1H3. The van der Waals surface area contributed by atoms with Gasteiger partial charge < -0.3 is 4.74 Å². The van der Waals surface area contributed by atoms with Gasteiger partial charge >= 0.3 is 0 Å². The minimum atomic E-state index is -0.0939. The van der Waals surface area contributed by atoms with Crippen LogP contribution in [0.1, 0.15) is 18.9 Å². The third-order valence-corrected chi connectivity index (χ3v) is 5.36. The molecule has 0 spiro atoms. The van der Waals surface area contributed by atoms with Crippen molar-refractivity contribution in [1.29, 1.82) is 0 Å². The van der Waals surface area contributed by atoms with Crippen molar-refractivity contribution in [3.63, 3.8) is 0 Å². The lowest BCUT2D eigenvalue weighted by Gasteiger charge is -2.14. The van der Waals surface area contributed by atoms with Crippen LogP contribution < -0.4 is 9.64 Å². The fourth-order valence-corrected chi connectivity index (χ4v) is 3.88. The van der Waals surface area contributed by atoms with Gasteiger partial charge in [-0.25, -0.2) is 0 Å². The topological polar surface area (TPSA) is 29.5 Å². The van der Waals surface area contributed by atoms with Crippen molar-refractivity contribution in [1.82, 2.24) is 0 Å². The number of carbonyl (C=O) groups excluding carboxylic acids is 1. The van der Waals surface area contributed by atoms with E-state index < -0.39 is 0 Å². The second-order valence-electron chi connectivity index (χ2n) is 5.41. The molecule has 0 aromatic heterocycles. The fraction of sp³-hybridized carbons (Fsp3) is 0.158. The molecular weight excluding hydrogens is 418 g/mol. The zero-order chi connectivity index (χ0) is 17.8. The van der Waals surface area contributed by atoms with Crippen LogP contribution in [0.25, 0.3) is 6.08 Å². The van der Waals surface area contributed by atoms with E-state index in [4.69, 9.17) is 17.0 Å². The molecule has 0 radical (unpaired) electrons. The molecule has 0 atom stereocenters. The minimum absolute atomic E-state index is 0.0939. The van der Waals surface area contributed by atoms with Gasteiger partial charge in [0.2, 0.25) is 0 Å². The van der Waals surface area contributed by atoms with E-state index in [1.807, 2.05) is 54.6 Å². The maximum atomic E-state index is 12.7. The Hall–Kier alpha value is -1.63. The van der Waals surface area contributed by atoms with Gasteiger partial charge in [-0.15, -0.1) is 0 Å². The largest absolute Gasteiger partial charge is 0.494 e. The Morgan fingerprint density at radius 1 is 1.16 bits per heavy atom. The van der Waals surface area contributed by atoms with E-state index >= 15 is 0 Å². The third-order valence-electron chi connectivity index (χ3n) is 3.53. The molecule has 1 fully saturated rings. The highest BCUT2D eigenvalue weighted by molar-refractivity contribution is 9.10. The van der Waals surface area contributed by atoms with Crippen LogP contribution in [0.5, 0.6) is 5.75 Å². The van der Waals surface area contributed by atoms with Crippen LogP contribution in [-0.4, -0.2) is 16.8 Å². The summed E-state index contributed by atoms with van der Waals surface area (Å²) in [6, 6.07) is 15.2. The van der Waals surface area contributed by atoms with Crippen molar-refractivity contribution in [2.24, 2.45) is 0 Å². The number of thiocarbonyl (C=S) groups is 1. The van der Waals surface area contributed by atoms with Crippen molar-refractivity contribution < 1.29 is 9.53 Å². The minimum Gasteiger partial charge on any atom is -0.494 e. The molecule has 1 amide bonds. The molecular formula is C19H16BrNO2S2. The number of halogens is 1. The fourth-order valence-electron chi connectivity index (χ4n) is 2.31. The lowest BCUT2D eigenvalue weighted by atomic mass is 10.2. The number of thioether (sulfide) groups is 1. The first kappa shape index (κ1) is 18.2. The van der Waals surface area contributed by atoms with Crippen molar-refractivity contribution in [3.8, 4) is 5.75 Å². The van der Waals surface area contributed by atoms with Crippen molar-refractivity contribution in [3.05, 3.63) is 63.5 Å². The van der Waals surface area contributed by atoms with Gasteiger partial charge in [-0.3, -0.25) is 9.69 Å². The van der Waals surface area contributed by atoms with Gasteiger partial charge in [0, 0.05) is 4.47 Å². The highest BCUT2D eigenvalue weighted by atomic mass is 79.9. The summed E-state index contributed by atoms with van der Waals surface area (Å²) in [5, 5.41) is 0. The maximum absolute atomic E-state index is 12.7. The van der Waals surface area contributed by atoms with Crippen molar-refractivity contribution >= 4 is 61.9 Å². The van der Waals surface area contributed by atoms with E-state index in [9.17, 15) is 4.79 Å². The molecule has 0 saturated carbocycles. The van der Waals surface area contributed by atoms with Crippen LogP contribution in [0.2, 0.25) is 0 Å². The molecule has 128 valence electrons. The summed E-state index contributed by atoms with van der Waals surface area (Å²) in [5.74, 6) is 0.741. The number of rotatable bonds is 5. The molecule has 0 aliphatic carbocycles. The average molecular weight is 434 g/mol. The Labute approximate surface area is 165 Å². The number of carbonyl (C=O) groups is 1. The monoisotopic (exact) mass is 433 g/mol. The van der Waals surface area contributed by atoms with Crippen LogP contribution in [0.4, 0.5) is 5.69 Å². The molecule has 0 unspecified atom stereocenters. The summed E-state index contributed by atoms with van der Waals surface area (Å²) < 4.78 is 7.08. The van der Waals surface area contributed by atoms with Gasteiger partial charge in [0.15, 0.2) is 4.32 Å². The summed E-state index contributed by atoms with van der Waals surface area (Å²) in [6.07, 6.45) is 2.84. The molecule has 6 heteroatoms. The van der Waals surface area contributed by atoms with Gasteiger partial charge in [0.25, 0.3) is 5.91 Å². The van der Waals surface area contributed by atoms with Crippen LogP contribution in [0, 0.1) is 0 Å². The predicted molar refractivity (Wildman–Crippen MR) is 112 cm³/mol. The second-order valence-corrected chi connectivity index (χ2v) is 8.00. The molecule has 1 aliphatic rings. The van der Waals surface area contributed by atoms with E-state index in [1.165, 1.54) is 11.8 Å². The van der Waals surface area contributed by atoms with Crippen LogP contribution in [0.3, 0.4) is 0 Å². The lowest BCUT2D eigenvalue weighted by Crippen LogP contribution is -2.27. The van der Waals surface area contributed by atoms with Gasteiger partial charge in [-0.2, -0.15) is 0 Å². The Morgan fingerprint density at radius 3 is 2.48 bits per heavy atom. The smallest absolute Gasteiger partial charge is 0.270 e. The number of hydrogen-bond donors (Lipinski definition) is 0. The highest BCUT2D eigenvalue weighted by Crippen LogP contribution is 2.36. The van der Waals surface area contributed by atoms with Gasteiger partial charge in [-0.1, -0.05) is 59.0 Å². The number of anilines is 1. The van der Waals surface area contributed by atoms with Gasteiger partial charge in [-0.05, 0) is 54.5 Å². The lowest BCUT2D eigenvalue weighted by molar-refractivity contribution is -0.113. The van der Waals surface area contributed by atoms with E-state index in [1.54, 1.807) is 4.90 Å². The van der Waals surface area contributed by atoms with Crippen molar-refractivity contribution in [2.75, 3.05) is 11.5 Å². The molecule has 0 N–H and O–H groups in total. The molecule has 1 heterocycles. The molecule has 1 aliphatic heterocycles. The molecule has 25 heavy (non-hydrogen) atoms. The Morgan fingerprint density at radius 2 is 1.84 bits per heavy atom. The van der Waals surface area contributed by atoms with E-state index in [0.29, 0.717) is 15.8 Å². The molecule has 3 rings (SSSR count). The Kier molecular flexibility index (Phi) is 5.93. The number of hydrogen-bond acceptors (Lipinski definition) is 4. The number of amides is 1. The number of benzene rings is 2. The molecule has 2 aromatic carbocycles. The summed E-state index contributed by atoms with van der Waals surface area (Å²) in [5.41, 5.74) is 1.72. The first-order valence-corrected chi connectivity index (χ1v) is 9.86. The second kappa shape index (κ2) is 8.17. The van der Waals surface area contributed by atoms with E-state index in [2.05, 4.69) is 22.9 Å². The summed E-state index contributed by atoms with van der Waals surface area (Å²) in [4.78, 5) is 14.9. The zero-order valence-electron chi connectivity index (χ0n) is 13.6. The van der Waals surface area contributed by atoms with Crippen molar-refractivity contribution in [2.45, 2.75) is 13.3 Å². The summed E-state index contributed by atoms with van der Waals surface area (Å²) >= 11 is 10.1. The van der Waals surface area contributed by atoms with Crippen LogP contribution in [0.15, 0.2) is 57.9 Å². The zero-order valence-corrected chi connectivity index (χ0v) is 16.8. The predicted octanol–water partition coefficient (Wildman–Crippen LogP) is 5.64. The van der Waals surface area contributed by atoms with E-state index in [-0.39, 0.29) is 5.91 Å². The first-order chi connectivity index (χ1) is 12.1. The number of nitrogens with zero attached hydrogens (tertiary/aromatic N) is 1. The first-order valence-electron chi connectivity index (χ1n) is 7.85. The van der Waals surface area contributed by atoms with Crippen LogP contribution >= 0.6 is 39.9 Å². The highest BCUT2D eigenvalue weighted by Gasteiger charge is 2.33. The SMILES string of the molecule is CCCOc1ccc(C=C2SC(=S)N(c3ccc(Br)cc3)C2=O)cc1. The molecule has 3 nitrogen and oxygen atoms in total. The van der Waals surface area contributed by atoms with Gasteiger partial charge in [0.05, 0.1) is 17.2 Å². The summed E-state index contributed by atoms with van der Waals surface area (Å²) in [6.45, 7) is 2.77. The normalized spacial score (nSPS) is 15.9. The van der Waals surface area contributed by atoms with Crippen LogP contribution in [-0.2, 0) is 4.79 Å².